The predicted octanol–water partition coefficient (Wildman–Crippen LogP) is 3.97. The highest BCUT2D eigenvalue weighted by atomic mass is 32.2. The third kappa shape index (κ3) is 4.11. The fraction of sp³-hybridized carbons (Fsp3) is 0.136. The van der Waals surface area contributed by atoms with Crippen LogP contribution in [0.5, 0.6) is 0 Å². The van der Waals surface area contributed by atoms with Crippen molar-refractivity contribution in [1.29, 1.82) is 0 Å². The number of rotatable bonds is 5. The summed E-state index contributed by atoms with van der Waals surface area (Å²) in [6.45, 7) is 0.557. The lowest BCUT2D eigenvalue weighted by Gasteiger charge is -2.06. The minimum Gasteiger partial charge on any atom is -0.361 e. The van der Waals surface area contributed by atoms with Crippen LogP contribution in [0, 0.1) is 0 Å². The summed E-state index contributed by atoms with van der Waals surface area (Å²) in [5.41, 5.74) is 3.73. The molecule has 0 radical (unpaired) electrons. The van der Waals surface area contributed by atoms with Crippen LogP contribution in [-0.2, 0) is 11.2 Å². The zero-order valence-corrected chi connectivity index (χ0v) is 17.4. The number of amides is 2. The zero-order chi connectivity index (χ0) is 20.4. The molecule has 2 aromatic carbocycles. The second-order valence-corrected chi connectivity index (χ2v) is 8.40. The van der Waals surface area contributed by atoms with Crippen LogP contribution in [0.4, 0.5) is 0 Å². The summed E-state index contributed by atoms with van der Waals surface area (Å²) >= 11 is 6.42. The van der Waals surface area contributed by atoms with Crippen LogP contribution in [0.3, 0.4) is 0 Å². The largest absolute Gasteiger partial charge is 0.361 e. The molecule has 3 aromatic rings. The Morgan fingerprint density at radius 3 is 2.69 bits per heavy atom. The van der Waals surface area contributed by atoms with Crippen molar-refractivity contribution in [1.82, 2.24) is 15.2 Å². The number of hydrogen-bond donors (Lipinski definition) is 2. The van der Waals surface area contributed by atoms with Crippen LogP contribution in [0.15, 0.2) is 59.6 Å². The Morgan fingerprint density at radius 1 is 1.21 bits per heavy atom. The molecule has 0 atom stereocenters. The number of nitrogens with one attached hydrogen (secondary N) is 2. The van der Waals surface area contributed by atoms with Gasteiger partial charge in [-0.1, -0.05) is 54.3 Å². The van der Waals surface area contributed by atoms with E-state index in [1.165, 1.54) is 27.6 Å². The molecule has 1 fully saturated rings. The van der Waals surface area contributed by atoms with Gasteiger partial charge < -0.3 is 10.3 Å². The normalized spacial score (nSPS) is 15.5. The van der Waals surface area contributed by atoms with E-state index in [9.17, 15) is 9.59 Å². The van der Waals surface area contributed by atoms with Crippen molar-refractivity contribution in [2.24, 2.45) is 0 Å². The van der Waals surface area contributed by atoms with Gasteiger partial charge in [0, 0.05) is 36.3 Å². The molecule has 29 heavy (non-hydrogen) atoms. The Labute approximate surface area is 178 Å². The summed E-state index contributed by atoms with van der Waals surface area (Å²) in [4.78, 5) is 29.8. The number of aromatic nitrogens is 1. The number of thiocarbonyl (C=S) groups is 1. The molecule has 0 aliphatic carbocycles. The van der Waals surface area contributed by atoms with Crippen molar-refractivity contribution >= 4 is 57.1 Å². The molecule has 1 aromatic heterocycles. The van der Waals surface area contributed by atoms with E-state index in [0.717, 1.165) is 17.5 Å². The van der Waals surface area contributed by atoms with E-state index in [1.807, 2.05) is 36.5 Å². The summed E-state index contributed by atoms with van der Waals surface area (Å²) in [6.07, 6.45) is 4.54. The molecule has 1 saturated heterocycles. The van der Waals surface area contributed by atoms with E-state index in [0.29, 0.717) is 21.3 Å². The van der Waals surface area contributed by atoms with Gasteiger partial charge in [-0.15, -0.1) is 0 Å². The smallest absolute Gasteiger partial charge is 0.265 e. The van der Waals surface area contributed by atoms with E-state index in [1.54, 1.807) is 25.3 Å². The minimum absolute atomic E-state index is 0.0981. The SMILES string of the molecule is CN1C(=O)/C(=C\c2ccc(C(=O)NCCc3c[nH]c4ccccc34)cc2)SC1=S. The van der Waals surface area contributed by atoms with Gasteiger partial charge in [0.05, 0.1) is 4.91 Å². The van der Waals surface area contributed by atoms with Gasteiger partial charge in [0.2, 0.25) is 0 Å². The monoisotopic (exact) mass is 421 g/mol. The second kappa shape index (κ2) is 8.23. The number of fused-ring (bicyclic) bond motifs is 1. The van der Waals surface area contributed by atoms with Crippen molar-refractivity contribution < 1.29 is 9.59 Å². The van der Waals surface area contributed by atoms with Crippen molar-refractivity contribution in [2.75, 3.05) is 13.6 Å². The number of likely N-dealkylation sites (N-methyl/N-ethyl adjacent to an activating group) is 1. The van der Waals surface area contributed by atoms with Crippen molar-refractivity contribution in [2.45, 2.75) is 6.42 Å². The number of thioether (sulfide) groups is 1. The number of para-hydroxylation sites is 1. The van der Waals surface area contributed by atoms with Crippen LogP contribution in [0.1, 0.15) is 21.5 Å². The van der Waals surface area contributed by atoms with Crippen molar-refractivity contribution in [3.05, 3.63) is 76.3 Å². The van der Waals surface area contributed by atoms with Crippen LogP contribution >= 0.6 is 24.0 Å². The number of carbonyl (C=O) groups excluding carboxylic acids is 2. The number of nitrogens with zero attached hydrogens (tertiary/aromatic N) is 1. The summed E-state index contributed by atoms with van der Waals surface area (Å²) in [5, 5.41) is 4.15. The highest BCUT2D eigenvalue weighted by Crippen LogP contribution is 2.31. The molecule has 1 aliphatic heterocycles. The molecule has 5 nitrogen and oxygen atoms in total. The number of benzene rings is 2. The van der Waals surface area contributed by atoms with Gasteiger partial charge >= 0.3 is 0 Å². The average molecular weight is 422 g/mol. The topological polar surface area (TPSA) is 65.2 Å². The van der Waals surface area contributed by atoms with Crippen molar-refractivity contribution in [3.8, 4) is 0 Å². The standard InChI is InChI=1S/C22H19N3O2S2/c1-25-21(27)19(29-22(25)28)12-14-6-8-15(9-7-14)20(26)23-11-10-16-13-24-18-5-3-2-4-17(16)18/h2-9,12-13,24H,10-11H2,1H3,(H,23,26)/b19-12+. The first-order valence-electron chi connectivity index (χ1n) is 9.18. The fourth-order valence-corrected chi connectivity index (χ4v) is 4.36. The predicted molar refractivity (Wildman–Crippen MR) is 122 cm³/mol. The number of aromatic amines is 1. The molecule has 7 heteroatoms. The summed E-state index contributed by atoms with van der Waals surface area (Å²) in [5.74, 6) is -0.213. The fourth-order valence-electron chi connectivity index (χ4n) is 3.18. The van der Waals surface area contributed by atoms with E-state index in [4.69, 9.17) is 12.2 Å². The van der Waals surface area contributed by atoms with E-state index >= 15 is 0 Å². The molecule has 0 unspecified atom stereocenters. The lowest BCUT2D eigenvalue weighted by atomic mass is 10.1. The number of hydrogen-bond acceptors (Lipinski definition) is 4. The first kappa shape index (κ1) is 19.4. The van der Waals surface area contributed by atoms with Gasteiger partial charge in [-0.05, 0) is 41.8 Å². The lowest BCUT2D eigenvalue weighted by Crippen LogP contribution is -2.25. The van der Waals surface area contributed by atoms with Gasteiger partial charge in [-0.2, -0.15) is 0 Å². The zero-order valence-electron chi connectivity index (χ0n) is 15.8. The first-order chi connectivity index (χ1) is 14.0. The van der Waals surface area contributed by atoms with E-state index < -0.39 is 0 Å². The second-order valence-electron chi connectivity index (χ2n) is 6.73. The van der Waals surface area contributed by atoms with Crippen LogP contribution < -0.4 is 5.32 Å². The Morgan fingerprint density at radius 2 is 1.97 bits per heavy atom. The average Bonchev–Trinajstić information content (AvgIpc) is 3.25. The third-order valence-corrected chi connectivity index (χ3v) is 6.30. The third-order valence-electron chi connectivity index (χ3n) is 4.81. The summed E-state index contributed by atoms with van der Waals surface area (Å²) in [7, 11) is 1.67. The Hall–Kier alpha value is -2.90. The molecule has 2 N–H and O–H groups in total. The molecule has 0 spiro atoms. The molecule has 0 bridgehead atoms. The summed E-state index contributed by atoms with van der Waals surface area (Å²) in [6, 6.07) is 15.3. The molecule has 2 heterocycles. The highest BCUT2D eigenvalue weighted by Gasteiger charge is 2.28. The molecule has 4 rings (SSSR count). The maximum absolute atomic E-state index is 12.4. The minimum atomic E-state index is -0.115. The van der Waals surface area contributed by atoms with Gasteiger partial charge in [-0.25, -0.2) is 0 Å². The highest BCUT2D eigenvalue weighted by molar-refractivity contribution is 8.26. The van der Waals surface area contributed by atoms with Crippen LogP contribution in [0.2, 0.25) is 0 Å². The number of H-pyrrole nitrogens is 1. The molecule has 146 valence electrons. The molecular weight excluding hydrogens is 402 g/mol. The number of carbonyl (C=O) groups is 2. The maximum atomic E-state index is 12.4. The Kier molecular flexibility index (Phi) is 5.51. The van der Waals surface area contributed by atoms with E-state index in [-0.39, 0.29) is 11.8 Å². The molecular formula is C22H19N3O2S2. The molecule has 0 saturated carbocycles. The van der Waals surface area contributed by atoms with Crippen LogP contribution in [-0.4, -0.2) is 39.6 Å². The first-order valence-corrected chi connectivity index (χ1v) is 10.4. The Balaban J connectivity index is 1.36. The molecule has 1 aliphatic rings. The van der Waals surface area contributed by atoms with Gasteiger partial charge in [0.1, 0.15) is 4.32 Å². The quantitative estimate of drug-likeness (QED) is 0.483. The molecule has 2 amide bonds. The summed E-state index contributed by atoms with van der Waals surface area (Å²) < 4.78 is 0.549. The van der Waals surface area contributed by atoms with Gasteiger partial charge in [0.25, 0.3) is 11.8 Å². The van der Waals surface area contributed by atoms with Gasteiger partial charge in [-0.3, -0.25) is 14.5 Å². The maximum Gasteiger partial charge on any atom is 0.265 e. The Bertz CT molecular complexity index is 1130. The lowest BCUT2D eigenvalue weighted by molar-refractivity contribution is -0.121. The van der Waals surface area contributed by atoms with Gasteiger partial charge in [0.15, 0.2) is 0 Å². The van der Waals surface area contributed by atoms with Crippen molar-refractivity contribution in [3.63, 3.8) is 0 Å². The van der Waals surface area contributed by atoms with E-state index in [2.05, 4.69) is 16.4 Å². The van der Waals surface area contributed by atoms with Crippen LogP contribution in [0.25, 0.3) is 17.0 Å².